The van der Waals surface area contributed by atoms with Crippen LogP contribution in [0.15, 0.2) is 54.6 Å². The second-order valence-corrected chi connectivity index (χ2v) is 9.56. The van der Waals surface area contributed by atoms with E-state index in [2.05, 4.69) is 31.0 Å². The van der Waals surface area contributed by atoms with Crippen molar-refractivity contribution in [3.05, 3.63) is 71.3 Å². The zero-order valence-electron chi connectivity index (χ0n) is 20.9. The molecule has 2 aromatic carbocycles. The average Bonchev–Trinajstić information content (AvgIpc) is 2.82. The van der Waals surface area contributed by atoms with E-state index in [0.717, 1.165) is 24.9 Å². The Morgan fingerprint density at radius 3 is 1.97 bits per heavy atom. The Morgan fingerprint density at radius 1 is 0.889 bits per heavy atom. The van der Waals surface area contributed by atoms with Gasteiger partial charge in [-0.3, -0.25) is 4.90 Å². The maximum absolute atomic E-state index is 13.3. The lowest BCUT2D eigenvalue weighted by molar-refractivity contribution is -0.263. The Kier molecular flexibility index (Phi) is 10.8. The van der Waals surface area contributed by atoms with E-state index in [1.54, 1.807) is 18.2 Å². The molecule has 36 heavy (non-hydrogen) atoms. The largest absolute Gasteiger partial charge is 0.392 e. The first-order chi connectivity index (χ1) is 16.9. The van der Waals surface area contributed by atoms with Gasteiger partial charge < -0.3 is 0 Å². The standard InChI is InChI=1S/C26H31F6N.C2H3N/c1-18(33(2)17-20-6-4-3-5-7-20)8-9-19-10-12-21(13-11-19)22-14-15-23(25(27,28)29)24(16-22)26(30,31)32;1-2-3/h3-7,10-13,18,22-24H,8-9,14-17H2,1-2H3;1H3. The third-order valence-electron chi connectivity index (χ3n) is 7.02. The van der Waals surface area contributed by atoms with Gasteiger partial charge in [-0.25, -0.2) is 0 Å². The molecule has 1 aliphatic rings. The van der Waals surface area contributed by atoms with Crippen molar-refractivity contribution in [1.29, 1.82) is 5.26 Å². The van der Waals surface area contributed by atoms with E-state index < -0.39 is 42.9 Å². The monoisotopic (exact) mass is 512 g/mol. The van der Waals surface area contributed by atoms with Gasteiger partial charge in [0.15, 0.2) is 0 Å². The molecule has 0 amide bonds. The van der Waals surface area contributed by atoms with Crippen molar-refractivity contribution in [3.63, 3.8) is 0 Å². The molecule has 3 rings (SSSR count). The Balaban J connectivity index is 0.00000145. The normalized spacial score (nSPS) is 21.3. The Labute approximate surface area is 209 Å². The summed E-state index contributed by atoms with van der Waals surface area (Å²) in [6.07, 6.45) is -8.78. The molecular formula is C28H34F6N2. The highest BCUT2D eigenvalue weighted by Gasteiger charge is 2.56. The number of alkyl halides is 6. The molecule has 1 aliphatic carbocycles. The first-order valence-corrected chi connectivity index (χ1v) is 12.1. The number of aryl methyl sites for hydroxylation is 1. The molecule has 0 heterocycles. The van der Waals surface area contributed by atoms with Crippen LogP contribution in [-0.4, -0.2) is 30.3 Å². The van der Waals surface area contributed by atoms with Gasteiger partial charge in [-0.15, -0.1) is 0 Å². The average molecular weight is 513 g/mol. The predicted octanol–water partition coefficient (Wildman–Crippen LogP) is 8.29. The Bertz CT molecular complexity index is 947. The van der Waals surface area contributed by atoms with Gasteiger partial charge >= 0.3 is 12.4 Å². The summed E-state index contributed by atoms with van der Waals surface area (Å²) >= 11 is 0. The Hall–Kier alpha value is -2.53. The van der Waals surface area contributed by atoms with E-state index in [0.29, 0.717) is 11.6 Å². The number of hydrogen-bond acceptors (Lipinski definition) is 2. The summed E-state index contributed by atoms with van der Waals surface area (Å²) in [6.45, 7) is 4.44. The molecule has 0 aromatic heterocycles. The predicted molar refractivity (Wildman–Crippen MR) is 129 cm³/mol. The first kappa shape index (κ1) is 29.7. The highest BCUT2D eigenvalue weighted by molar-refractivity contribution is 5.26. The summed E-state index contributed by atoms with van der Waals surface area (Å²) in [5.74, 6) is -5.14. The maximum atomic E-state index is 13.3. The number of hydrogen-bond donors (Lipinski definition) is 0. The molecule has 2 aromatic rings. The smallest absolute Gasteiger partial charge is 0.299 e. The van der Waals surface area contributed by atoms with Gasteiger partial charge in [0.25, 0.3) is 0 Å². The summed E-state index contributed by atoms with van der Waals surface area (Å²) in [4.78, 5) is 2.28. The highest BCUT2D eigenvalue weighted by Crippen LogP contribution is 2.52. The van der Waals surface area contributed by atoms with Crippen molar-refractivity contribution in [3.8, 4) is 6.07 Å². The molecule has 0 bridgehead atoms. The van der Waals surface area contributed by atoms with Crippen LogP contribution in [0.25, 0.3) is 0 Å². The minimum atomic E-state index is -4.85. The second kappa shape index (κ2) is 13.1. The lowest BCUT2D eigenvalue weighted by Crippen LogP contribution is -2.42. The van der Waals surface area contributed by atoms with E-state index >= 15 is 0 Å². The van der Waals surface area contributed by atoms with Crippen molar-refractivity contribution in [2.75, 3.05) is 7.05 Å². The highest BCUT2D eigenvalue weighted by atomic mass is 19.4. The molecule has 0 spiro atoms. The molecule has 198 valence electrons. The van der Waals surface area contributed by atoms with E-state index in [1.807, 2.05) is 30.3 Å². The molecule has 4 atom stereocenters. The van der Waals surface area contributed by atoms with Crippen molar-refractivity contribution in [1.82, 2.24) is 4.90 Å². The molecular weight excluding hydrogens is 478 g/mol. The van der Waals surface area contributed by atoms with Gasteiger partial charge in [0, 0.05) is 19.5 Å². The summed E-state index contributed by atoms with van der Waals surface area (Å²) in [6, 6.07) is 19.7. The minimum absolute atomic E-state index is 0.122. The van der Waals surface area contributed by atoms with Gasteiger partial charge in [-0.2, -0.15) is 31.6 Å². The van der Waals surface area contributed by atoms with Crippen LogP contribution >= 0.6 is 0 Å². The number of benzene rings is 2. The van der Waals surface area contributed by atoms with Gasteiger partial charge in [0.05, 0.1) is 17.9 Å². The molecule has 0 aliphatic heterocycles. The zero-order chi connectivity index (χ0) is 26.9. The van der Waals surface area contributed by atoms with E-state index in [9.17, 15) is 26.3 Å². The quantitative estimate of drug-likeness (QED) is 0.349. The lowest BCUT2D eigenvalue weighted by Gasteiger charge is -2.38. The van der Waals surface area contributed by atoms with Crippen LogP contribution in [0.3, 0.4) is 0 Å². The number of rotatable bonds is 7. The molecule has 2 nitrogen and oxygen atoms in total. The van der Waals surface area contributed by atoms with Crippen molar-refractivity contribution in [2.24, 2.45) is 11.8 Å². The molecule has 8 heteroatoms. The molecule has 1 saturated carbocycles. The minimum Gasteiger partial charge on any atom is -0.299 e. The topological polar surface area (TPSA) is 27.0 Å². The van der Waals surface area contributed by atoms with Crippen LogP contribution in [0.2, 0.25) is 0 Å². The summed E-state index contributed by atoms with van der Waals surface area (Å²) < 4.78 is 79.4. The van der Waals surface area contributed by atoms with Gasteiger partial charge in [-0.05, 0) is 68.7 Å². The third-order valence-corrected chi connectivity index (χ3v) is 7.02. The SMILES string of the molecule is CC#N.CC(CCc1ccc(C2CCC(C(F)(F)F)C(C(F)(F)F)C2)cc1)N(C)Cc1ccccc1. The summed E-state index contributed by atoms with van der Waals surface area (Å²) in [5, 5.41) is 7.32. The van der Waals surface area contributed by atoms with Crippen molar-refractivity contribution >= 4 is 0 Å². The summed E-state index contributed by atoms with van der Waals surface area (Å²) in [7, 11) is 2.08. The number of halogens is 6. The molecule has 4 unspecified atom stereocenters. The molecule has 0 N–H and O–H groups in total. The second-order valence-electron chi connectivity index (χ2n) is 9.56. The van der Waals surface area contributed by atoms with Gasteiger partial charge in [0.2, 0.25) is 0 Å². The Morgan fingerprint density at radius 2 is 1.44 bits per heavy atom. The van der Waals surface area contributed by atoms with Crippen LogP contribution in [0.1, 0.15) is 62.1 Å². The number of nitrogens with zero attached hydrogens (tertiary/aromatic N) is 2. The van der Waals surface area contributed by atoms with Crippen molar-refractivity contribution in [2.45, 2.75) is 76.8 Å². The lowest BCUT2D eigenvalue weighted by atomic mass is 9.71. The van der Waals surface area contributed by atoms with E-state index in [4.69, 9.17) is 5.26 Å². The fourth-order valence-corrected chi connectivity index (χ4v) is 4.81. The molecule has 0 saturated heterocycles. The number of nitriles is 1. The van der Waals surface area contributed by atoms with Gasteiger partial charge in [-0.1, -0.05) is 54.6 Å². The van der Waals surface area contributed by atoms with Crippen LogP contribution in [0.5, 0.6) is 0 Å². The van der Waals surface area contributed by atoms with E-state index in [-0.39, 0.29) is 6.42 Å². The fourth-order valence-electron chi connectivity index (χ4n) is 4.81. The molecule has 1 fully saturated rings. The van der Waals surface area contributed by atoms with Crippen LogP contribution in [0.4, 0.5) is 26.3 Å². The zero-order valence-corrected chi connectivity index (χ0v) is 20.9. The fraction of sp³-hybridized carbons (Fsp3) is 0.536. The van der Waals surface area contributed by atoms with Gasteiger partial charge in [0.1, 0.15) is 0 Å². The first-order valence-electron chi connectivity index (χ1n) is 12.1. The molecule has 0 radical (unpaired) electrons. The summed E-state index contributed by atoms with van der Waals surface area (Å²) in [5.41, 5.74) is 3.02. The van der Waals surface area contributed by atoms with Crippen LogP contribution < -0.4 is 0 Å². The third kappa shape index (κ3) is 8.85. The maximum Gasteiger partial charge on any atom is 0.392 e. The van der Waals surface area contributed by atoms with Crippen molar-refractivity contribution < 1.29 is 26.3 Å². The van der Waals surface area contributed by atoms with Crippen LogP contribution in [0, 0.1) is 23.2 Å². The van der Waals surface area contributed by atoms with E-state index in [1.165, 1.54) is 12.5 Å². The van der Waals surface area contributed by atoms with Crippen LogP contribution in [-0.2, 0) is 13.0 Å².